The van der Waals surface area contributed by atoms with E-state index in [-0.39, 0.29) is 0 Å². The van der Waals surface area contributed by atoms with Crippen molar-refractivity contribution in [3.63, 3.8) is 0 Å². The van der Waals surface area contributed by atoms with Crippen LogP contribution >= 0.6 is 0 Å². The van der Waals surface area contributed by atoms with Gasteiger partial charge in [-0.05, 0) is 18.1 Å². The molecule has 0 bridgehead atoms. The minimum Gasteiger partial charge on any atom is -0.481 e. The van der Waals surface area contributed by atoms with E-state index in [4.69, 9.17) is 14.5 Å². The molecule has 0 N–H and O–H groups in total. The Morgan fingerprint density at radius 1 is 1.04 bits per heavy atom. The lowest BCUT2D eigenvalue weighted by Gasteiger charge is -2.28. The summed E-state index contributed by atoms with van der Waals surface area (Å²) in [6, 6.07) is 3.85. The summed E-state index contributed by atoms with van der Waals surface area (Å²) in [4.78, 5) is 24.0. The molecule has 1 aliphatic rings. The Hall–Kier alpha value is -3.13. The molecule has 8 heteroatoms. The minimum absolute atomic E-state index is 0.544. The molecule has 3 aromatic rings. The van der Waals surface area contributed by atoms with Crippen molar-refractivity contribution in [2.75, 3.05) is 20.8 Å². The molecule has 0 amide bonds. The largest absolute Gasteiger partial charge is 0.481 e. The molecule has 0 aromatic carbocycles. The van der Waals surface area contributed by atoms with Gasteiger partial charge in [-0.2, -0.15) is 4.98 Å². The second-order valence-electron chi connectivity index (χ2n) is 6.28. The number of hydrogen-bond donors (Lipinski definition) is 0. The van der Waals surface area contributed by atoms with Gasteiger partial charge in [-0.15, -0.1) is 0 Å². The van der Waals surface area contributed by atoms with Crippen LogP contribution in [0.25, 0.3) is 11.4 Å². The van der Waals surface area contributed by atoms with Crippen molar-refractivity contribution in [3.05, 3.63) is 53.9 Å². The Kier molecular flexibility index (Phi) is 4.88. The fourth-order valence-electron chi connectivity index (χ4n) is 3.15. The molecule has 27 heavy (non-hydrogen) atoms. The van der Waals surface area contributed by atoms with Crippen LogP contribution in [0.15, 0.2) is 37.1 Å². The van der Waals surface area contributed by atoms with Crippen LogP contribution in [0.5, 0.6) is 11.8 Å². The van der Waals surface area contributed by atoms with Crippen molar-refractivity contribution in [2.45, 2.75) is 19.5 Å². The van der Waals surface area contributed by atoms with E-state index in [1.807, 2.05) is 18.3 Å². The maximum Gasteiger partial charge on any atom is 0.220 e. The van der Waals surface area contributed by atoms with Crippen molar-refractivity contribution >= 4 is 0 Å². The van der Waals surface area contributed by atoms with Gasteiger partial charge in [0.25, 0.3) is 0 Å². The third kappa shape index (κ3) is 3.70. The minimum atomic E-state index is 0.544. The van der Waals surface area contributed by atoms with Gasteiger partial charge in [-0.3, -0.25) is 4.90 Å². The summed E-state index contributed by atoms with van der Waals surface area (Å²) in [5.74, 6) is 1.78. The fraction of sp³-hybridized carbons (Fsp3) is 0.316. The molecule has 3 aromatic heterocycles. The first kappa shape index (κ1) is 17.3. The molecule has 1 aliphatic heterocycles. The highest BCUT2D eigenvalue weighted by atomic mass is 16.5. The van der Waals surface area contributed by atoms with E-state index in [1.54, 1.807) is 26.6 Å². The van der Waals surface area contributed by atoms with Crippen LogP contribution in [0.1, 0.15) is 16.8 Å². The molecule has 0 saturated carbocycles. The number of methoxy groups -OCH3 is 2. The van der Waals surface area contributed by atoms with Crippen LogP contribution in [-0.2, 0) is 19.5 Å². The van der Waals surface area contributed by atoms with Gasteiger partial charge in [0.05, 0.1) is 25.5 Å². The predicted octanol–water partition coefficient (Wildman–Crippen LogP) is 1.90. The second kappa shape index (κ2) is 7.63. The van der Waals surface area contributed by atoms with Crippen molar-refractivity contribution in [1.29, 1.82) is 0 Å². The first-order chi connectivity index (χ1) is 13.3. The summed E-state index contributed by atoms with van der Waals surface area (Å²) in [5.41, 5.74) is 4.06. The van der Waals surface area contributed by atoms with Gasteiger partial charge in [-0.25, -0.2) is 19.9 Å². The SMILES string of the molecule is COc1ccc(CN2CCc3cnc(-c4cncnc4)nc3C2)c(OC)n1. The number of nitrogens with zero attached hydrogens (tertiary/aromatic N) is 6. The van der Waals surface area contributed by atoms with Crippen molar-refractivity contribution in [1.82, 2.24) is 29.8 Å². The average Bonchev–Trinajstić information content (AvgIpc) is 2.74. The zero-order valence-electron chi connectivity index (χ0n) is 15.3. The summed E-state index contributed by atoms with van der Waals surface area (Å²) < 4.78 is 10.6. The monoisotopic (exact) mass is 364 g/mol. The lowest BCUT2D eigenvalue weighted by atomic mass is 10.1. The molecular formula is C19H20N6O2. The summed E-state index contributed by atoms with van der Waals surface area (Å²) in [5, 5.41) is 0. The van der Waals surface area contributed by atoms with E-state index in [0.29, 0.717) is 17.6 Å². The summed E-state index contributed by atoms with van der Waals surface area (Å²) in [6.45, 7) is 2.40. The summed E-state index contributed by atoms with van der Waals surface area (Å²) >= 11 is 0. The Bertz CT molecular complexity index is 935. The third-order valence-electron chi connectivity index (χ3n) is 4.55. The summed E-state index contributed by atoms with van der Waals surface area (Å²) in [7, 11) is 3.22. The smallest absolute Gasteiger partial charge is 0.220 e. The zero-order valence-corrected chi connectivity index (χ0v) is 15.3. The van der Waals surface area contributed by atoms with Gasteiger partial charge < -0.3 is 9.47 Å². The Balaban J connectivity index is 1.54. The van der Waals surface area contributed by atoms with E-state index in [1.165, 1.54) is 11.9 Å². The lowest BCUT2D eigenvalue weighted by Crippen LogP contribution is -2.31. The number of aromatic nitrogens is 5. The van der Waals surface area contributed by atoms with E-state index >= 15 is 0 Å². The van der Waals surface area contributed by atoms with E-state index in [2.05, 4.69) is 24.8 Å². The van der Waals surface area contributed by atoms with Crippen LogP contribution in [-0.4, -0.2) is 50.6 Å². The van der Waals surface area contributed by atoms with E-state index in [9.17, 15) is 0 Å². The van der Waals surface area contributed by atoms with Crippen LogP contribution in [0.4, 0.5) is 0 Å². The Morgan fingerprint density at radius 2 is 1.89 bits per heavy atom. The molecular weight excluding hydrogens is 344 g/mol. The van der Waals surface area contributed by atoms with Gasteiger partial charge >= 0.3 is 0 Å². The fourth-order valence-corrected chi connectivity index (χ4v) is 3.15. The standard InChI is InChI=1S/C19H20N6O2/c1-26-17-4-3-14(19(24-17)27-2)10-25-6-5-13-9-22-18(23-16(13)11-25)15-7-20-12-21-8-15/h3-4,7-9,12H,5-6,10-11H2,1-2H3. The normalized spacial score (nSPS) is 13.9. The van der Waals surface area contributed by atoms with Crippen LogP contribution in [0, 0.1) is 0 Å². The van der Waals surface area contributed by atoms with E-state index < -0.39 is 0 Å². The molecule has 0 spiro atoms. The molecule has 0 saturated heterocycles. The Morgan fingerprint density at radius 3 is 2.67 bits per heavy atom. The molecule has 0 fully saturated rings. The van der Waals surface area contributed by atoms with Gasteiger partial charge in [0.1, 0.15) is 6.33 Å². The van der Waals surface area contributed by atoms with Gasteiger partial charge in [0, 0.05) is 49.9 Å². The predicted molar refractivity (Wildman–Crippen MR) is 98.2 cm³/mol. The topological polar surface area (TPSA) is 86.2 Å². The lowest BCUT2D eigenvalue weighted by molar-refractivity contribution is 0.236. The molecule has 0 radical (unpaired) electrons. The van der Waals surface area contributed by atoms with Gasteiger partial charge in [0.2, 0.25) is 11.8 Å². The van der Waals surface area contributed by atoms with Crippen molar-refractivity contribution in [3.8, 4) is 23.1 Å². The number of fused-ring (bicyclic) bond motifs is 1. The zero-order chi connectivity index (χ0) is 18.6. The highest BCUT2D eigenvalue weighted by Gasteiger charge is 2.20. The van der Waals surface area contributed by atoms with Crippen molar-refractivity contribution < 1.29 is 9.47 Å². The quantitative estimate of drug-likeness (QED) is 0.679. The Labute approximate surface area is 157 Å². The van der Waals surface area contributed by atoms with Crippen LogP contribution < -0.4 is 9.47 Å². The molecule has 8 nitrogen and oxygen atoms in total. The van der Waals surface area contributed by atoms with Crippen LogP contribution in [0.2, 0.25) is 0 Å². The summed E-state index contributed by atoms with van der Waals surface area (Å²) in [6.07, 6.45) is 7.77. The molecule has 0 unspecified atom stereocenters. The highest BCUT2D eigenvalue weighted by Crippen LogP contribution is 2.25. The molecule has 0 atom stereocenters. The molecule has 138 valence electrons. The van der Waals surface area contributed by atoms with E-state index in [0.717, 1.165) is 42.9 Å². The second-order valence-corrected chi connectivity index (χ2v) is 6.28. The molecule has 0 aliphatic carbocycles. The first-order valence-corrected chi connectivity index (χ1v) is 8.67. The number of rotatable bonds is 5. The average molecular weight is 364 g/mol. The van der Waals surface area contributed by atoms with Crippen LogP contribution in [0.3, 0.4) is 0 Å². The maximum absolute atomic E-state index is 5.42. The molecule has 4 heterocycles. The number of pyridine rings is 1. The third-order valence-corrected chi connectivity index (χ3v) is 4.55. The van der Waals surface area contributed by atoms with Crippen molar-refractivity contribution in [2.24, 2.45) is 0 Å². The molecule has 4 rings (SSSR count). The van der Waals surface area contributed by atoms with Gasteiger partial charge in [-0.1, -0.05) is 0 Å². The number of ether oxygens (including phenoxy) is 2. The van der Waals surface area contributed by atoms with Gasteiger partial charge in [0.15, 0.2) is 5.82 Å². The maximum atomic E-state index is 5.42. The number of hydrogen-bond acceptors (Lipinski definition) is 8. The highest BCUT2D eigenvalue weighted by molar-refractivity contribution is 5.52. The first-order valence-electron chi connectivity index (χ1n) is 8.67.